The number of aromatic nitrogens is 2. The van der Waals surface area contributed by atoms with Crippen LogP contribution in [0.3, 0.4) is 0 Å². The fraction of sp³-hybridized carbons (Fsp3) is 0.667. The molecule has 1 amide bonds. The number of rotatable bonds is 9. The number of unbranched alkanes of at least 4 members (excludes halogenated alkanes) is 1. The SMILES string of the molecule is CCCCC(CN)NC(=O)CNS(=O)(=O)c1cnn(C)c1. The molecule has 9 heteroatoms. The van der Waals surface area contributed by atoms with Gasteiger partial charge in [-0.3, -0.25) is 9.48 Å². The summed E-state index contributed by atoms with van der Waals surface area (Å²) in [6.07, 6.45) is 5.35. The number of aryl methyl sites for hydroxylation is 1. The molecule has 0 spiro atoms. The molecule has 4 N–H and O–H groups in total. The summed E-state index contributed by atoms with van der Waals surface area (Å²) in [5.74, 6) is -0.394. The van der Waals surface area contributed by atoms with Gasteiger partial charge >= 0.3 is 0 Å². The van der Waals surface area contributed by atoms with Crippen molar-refractivity contribution in [2.24, 2.45) is 12.8 Å². The Labute approximate surface area is 125 Å². The molecule has 0 saturated carbocycles. The molecule has 0 radical (unpaired) electrons. The van der Waals surface area contributed by atoms with Gasteiger partial charge in [-0.1, -0.05) is 19.8 Å². The standard InChI is InChI=1S/C12H23N5O3S/c1-3-4-5-10(6-13)16-12(18)8-15-21(19,20)11-7-14-17(2)9-11/h7,9-10,15H,3-6,8,13H2,1-2H3,(H,16,18). The van der Waals surface area contributed by atoms with Gasteiger partial charge in [0.15, 0.2) is 0 Å². The number of hydrogen-bond acceptors (Lipinski definition) is 5. The molecule has 0 saturated heterocycles. The lowest BCUT2D eigenvalue weighted by Gasteiger charge is -2.16. The van der Waals surface area contributed by atoms with Crippen LogP contribution in [0.2, 0.25) is 0 Å². The summed E-state index contributed by atoms with van der Waals surface area (Å²) in [7, 11) is -2.10. The van der Waals surface area contributed by atoms with Crippen molar-refractivity contribution in [3.63, 3.8) is 0 Å². The molecule has 0 bridgehead atoms. The van der Waals surface area contributed by atoms with Gasteiger partial charge in [0.05, 0.1) is 12.7 Å². The Hall–Kier alpha value is -1.45. The van der Waals surface area contributed by atoms with Gasteiger partial charge in [-0.15, -0.1) is 0 Å². The van der Waals surface area contributed by atoms with Crippen LogP contribution in [0.4, 0.5) is 0 Å². The maximum Gasteiger partial charge on any atom is 0.244 e. The third-order valence-electron chi connectivity index (χ3n) is 2.97. The van der Waals surface area contributed by atoms with Gasteiger partial charge in [0.25, 0.3) is 0 Å². The molecule has 0 fully saturated rings. The summed E-state index contributed by atoms with van der Waals surface area (Å²) < 4.78 is 27.4. The second kappa shape index (κ2) is 8.11. The van der Waals surface area contributed by atoms with E-state index in [2.05, 4.69) is 22.1 Å². The maximum atomic E-state index is 11.9. The van der Waals surface area contributed by atoms with E-state index >= 15 is 0 Å². The van der Waals surface area contributed by atoms with Crippen molar-refractivity contribution in [3.05, 3.63) is 12.4 Å². The van der Waals surface area contributed by atoms with E-state index < -0.39 is 15.9 Å². The molecule has 0 aliphatic heterocycles. The predicted molar refractivity (Wildman–Crippen MR) is 78.9 cm³/mol. The highest BCUT2D eigenvalue weighted by atomic mass is 32.2. The number of nitrogens with two attached hydrogens (primary N) is 1. The van der Waals surface area contributed by atoms with E-state index in [9.17, 15) is 13.2 Å². The van der Waals surface area contributed by atoms with E-state index in [1.807, 2.05) is 0 Å². The van der Waals surface area contributed by atoms with Crippen molar-refractivity contribution in [1.29, 1.82) is 0 Å². The third-order valence-corrected chi connectivity index (χ3v) is 4.33. The first-order valence-electron chi connectivity index (χ1n) is 6.86. The zero-order valence-electron chi connectivity index (χ0n) is 12.4. The topological polar surface area (TPSA) is 119 Å². The Morgan fingerprint density at radius 1 is 1.52 bits per heavy atom. The second-order valence-electron chi connectivity index (χ2n) is 4.82. The van der Waals surface area contributed by atoms with Gasteiger partial charge in [0.1, 0.15) is 4.90 Å². The molecule has 1 aromatic rings. The highest BCUT2D eigenvalue weighted by Gasteiger charge is 2.18. The van der Waals surface area contributed by atoms with Gasteiger partial charge < -0.3 is 11.1 Å². The van der Waals surface area contributed by atoms with Crippen molar-refractivity contribution < 1.29 is 13.2 Å². The minimum absolute atomic E-state index is 0.0270. The van der Waals surface area contributed by atoms with Gasteiger partial charge in [0, 0.05) is 25.8 Å². The van der Waals surface area contributed by atoms with E-state index in [-0.39, 0.29) is 17.5 Å². The van der Waals surface area contributed by atoms with Crippen LogP contribution in [-0.2, 0) is 21.9 Å². The second-order valence-corrected chi connectivity index (χ2v) is 6.58. The first-order valence-corrected chi connectivity index (χ1v) is 8.35. The Bertz CT molecular complexity index is 555. The molecule has 1 rings (SSSR count). The van der Waals surface area contributed by atoms with E-state index in [1.54, 1.807) is 7.05 Å². The molecule has 0 aliphatic carbocycles. The summed E-state index contributed by atoms with van der Waals surface area (Å²) in [4.78, 5) is 11.8. The normalized spacial score (nSPS) is 13.1. The first-order chi connectivity index (χ1) is 9.89. The lowest BCUT2D eigenvalue weighted by Crippen LogP contribution is -2.45. The van der Waals surface area contributed by atoms with Crippen LogP contribution in [0.25, 0.3) is 0 Å². The van der Waals surface area contributed by atoms with E-state index in [1.165, 1.54) is 17.1 Å². The zero-order valence-corrected chi connectivity index (χ0v) is 13.2. The zero-order chi connectivity index (χ0) is 15.9. The van der Waals surface area contributed by atoms with Gasteiger partial charge in [-0.2, -0.15) is 5.10 Å². The van der Waals surface area contributed by atoms with Crippen LogP contribution >= 0.6 is 0 Å². The lowest BCUT2D eigenvalue weighted by atomic mass is 10.1. The van der Waals surface area contributed by atoms with Crippen LogP contribution < -0.4 is 15.8 Å². The Kier molecular flexibility index (Phi) is 6.79. The number of sulfonamides is 1. The highest BCUT2D eigenvalue weighted by Crippen LogP contribution is 2.05. The first kappa shape index (κ1) is 17.6. The smallest absolute Gasteiger partial charge is 0.244 e. The molecule has 1 atom stereocenters. The molecule has 21 heavy (non-hydrogen) atoms. The Balaban J connectivity index is 2.48. The van der Waals surface area contributed by atoms with Crippen LogP contribution in [-0.4, -0.2) is 43.2 Å². The van der Waals surface area contributed by atoms with Crippen molar-refractivity contribution >= 4 is 15.9 Å². The van der Waals surface area contributed by atoms with E-state index in [0.29, 0.717) is 6.54 Å². The number of nitrogens with one attached hydrogen (secondary N) is 2. The minimum atomic E-state index is -3.72. The lowest BCUT2D eigenvalue weighted by molar-refractivity contribution is -0.120. The van der Waals surface area contributed by atoms with E-state index in [0.717, 1.165) is 19.3 Å². The van der Waals surface area contributed by atoms with E-state index in [4.69, 9.17) is 5.73 Å². The Morgan fingerprint density at radius 2 is 2.24 bits per heavy atom. The van der Waals surface area contributed by atoms with Crippen LogP contribution in [0.1, 0.15) is 26.2 Å². The van der Waals surface area contributed by atoms with Crippen LogP contribution in [0.5, 0.6) is 0 Å². The molecule has 1 unspecified atom stereocenters. The average Bonchev–Trinajstić information content (AvgIpc) is 2.88. The quantitative estimate of drug-likeness (QED) is 0.558. The highest BCUT2D eigenvalue weighted by molar-refractivity contribution is 7.89. The molecular weight excluding hydrogens is 294 g/mol. The predicted octanol–water partition coefficient (Wildman–Crippen LogP) is -0.668. The summed E-state index contributed by atoms with van der Waals surface area (Å²) in [6, 6.07) is -0.125. The fourth-order valence-corrected chi connectivity index (χ4v) is 2.72. The van der Waals surface area contributed by atoms with Crippen molar-refractivity contribution in [2.75, 3.05) is 13.1 Å². The van der Waals surface area contributed by atoms with Gasteiger partial charge in [0.2, 0.25) is 15.9 Å². The largest absolute Gasteiger partial charge is 0.351 e. The van der Waals surface area contributed by atoms with Crippen LogP contribution in [0, 0.1) is 0 Å². The van der Waals surface area contributed by atoms with Gasteiger partial charge in [-0.05, 0) is 6.42 Å². The molecular formula is C12H23N5O3S. The summed E-state index contributed by atoms with van der Waals surface area (Å²) in [5.41, 5.74) is 5.57. The average molecular weight is 317 g/mol. The number of nitrogens with zero attached hydrogens (tertiary/aromatic N) is 2. The third kappa shape index (κ3) is 5.82. The number of carbonyl (C=O) groups excluding carboxylic acids is 1. The summed E-state index contributed by atoms with van der Waals surface area (Å²) >= 11 is 0. The molecule has 0 aliphatic rings. The molecule has 120 valence electrons. The fourth-order valence-electron chi connectivity index (χ4n) is 1.76. The molecule has 8 nitrogen and oxygen atoms in total. The number of carbonyl (C=O) groups is 1. The van der Waals surface area contributed by atoms with Crippen molar-refractivity contribution in [1.82, 2.24) is 19.8 Å². The number of hydrogen-bond donors (Lipinski definition) is 3. The molecule has 1 heterocycles. The maximum absolute atomic E-state index is 11.9. The van der Waals surface area contributed by atoms with Crippen molar-refractivity contribution in [3.8, 4) is 0 Å². The minimum Gasteiger partial charge on any atom is -0.351 e. The number of amides is 1. The summed E-state index contributed by atoms with van der Waals surface area (Å²) in [5, 5.41) is 6.50. The monoisotopic (exact) mass is 317 g/mol. The molecule has 0 aromatic carbocycles. The van der Waals surface area contributed by atoms with Crippen molar-refractivity contribution in [2.45, 2.75) is 37.1 Å². The van der Waals surface area contributed by atoms with Crippen LogP contribution in [0.15, 0.2) is 17.3 Å². The Morgan fingerprint density at radius 3 is 2.76 bits per heavy atom. The van der Waals surface area contributed by atoms with Gasteiger partial charge in [-0.25, -0.2) is 13.1 Å². The summed E-state index contributed by atoms with van der Waals surface area (Å²) in [6.45, 7) is 2.07. The molecule has 1 aromatic heterocycles.